The molecule has 0 radical (unpaired) electrons. The molecule has 0 amide bonds. The van der Waals surface area contributed by atoms with Crippen molar-refractivity contribution in [3.63, 3.8) is 0 Å². The monoisotopic (exact) mass is 330 g/mol. The molecule has 1 aromatic heterocycles. The van der Waals surface area contributed by atoms with Gasteiger partial charge < -0.3 is 15.0 Å². The van der Waals surface area contributed by atoms with Crippen molar-refractivity contribution >= 4 is 29.8 Å². The van der Waals surface area contributed by atoms with Crippen LogP contribution in [0.5, 0.6) is 0 Å². The first-order valence-electron chi connectivity index (χ1n) is 6.94. The van der Waals surface area contributed by atoms with Gasteiger partial charge in [-0.1, -0.05) is 48.5 Å². The molecule has 0 saturated carbocycles. The fraction of sp³-hybridized carbons (Fsp3) is 0.0625. The van der Waals surface area contributed by atoms with Crippen LogP contribution in [0.15, 0.2) is 60.7 Å². The Bertz CT molecular complexity index is 858. The number of H-pyrrole nitrogens is 1. The van der Waals surface area contributed by atoms with Crippen molar-refractivity contribution in [2.24, 2.45) is 0 Å². The normalized spacial score (nSPS) is 15.2. The van der Waals surface area contributed by atoms with Crippen LogP contribution in [0.1, 0.15) is 11.6 Å². The average molecular weight is 330 g/mol. The summed E-state index contributed by atoms with van der Waals surface area (Å²) >= 11 is 0. The van der Waals surface area contributed by atoms with Crippen molar-refractivity contribution in [1.29, 1.82) is 0 Å². The van der Waals surface area contributed by atoms with E-state index < -0.39 is 19.5 Å². The molecule has 0 aliphatic carbocycles. The number of rotatable bonds is 5. The summed E-state index contributed by atoms with van der Waals surface area (Å²) in [6.07, 6.45) is 0. The third-order valence-electron chi connectivity index (χ3n) is 3.53. The number of hydrogen-bond donors (Lipinski definition) is 4. The van der Waals surface area contributed by atoms with Gasteiger partial charge in [0.1, 0.15) is 11.5 Å². The van der Waals surface area contributed by atoms with Crippen molar-refractivity contribution < 1.29 is 19.4 Å². The smallest absolute Gasteiger partial charge is 0.325 e. The van der Waals surface area contributed by atoms with E-state index in [1.165, 1.54) is 0 Å². The molecule has 1 heterocycles. The van der Waals surface area contributed by atoms with E-state index in [0.29, 0.717) is 11.1 Å². The number of carbonyl (C=O) groups is 1. The Balaban J connectivity index is 1.95. The van der Waals surface area contributed by atoms with Gasteiger partial charge >= 0.3 is 13.5 Å². The highest BCUT2D eigenvalue weighted by atomic mass is 31.2. The van der Waals surface area contributed by atoms with Gasteiger partial charge in [-0.3, -0.25) is 9.36 Å². The molecule has 0 bridgehead atoms. The van der Waals surface area contributed by atoms with Gasteiger partial charge in [-0.25, -0.2) is 5.09 Å². The Morgan fingerprint density at radius 3 is 2.39 bits per heavy atom. The lowest BCUT2D eigenvalue weighted by atomic mass is 10.1. The maximum atomic E-state index is 12.6. The number of benzene rings is 2. The van der Waals surface area contributed by atoms with Crippen LogP contribution in [-0.2, 0) is 9.36 Å². The molecule has 3 aromatic rings. The van der Waals surface area contributed by atoms with Crippen LogP contribution in [0.4, 0.5) is 0 Å². The first-order valence-corrected chi connectivity index (χ1v) is 8.60. The minimum absolute atomic E-state index is 0.0703. The minimum Gasteiger partial charge on any atom is -0.480 e. The molecular weight excluding hydrogens is 315 g/mol. The molecule has 0 aliphatic heterocycles. The first kappa shape index (κ1) is 15.5. The molecule has 2 atom stereocenters. The maximum absolute atomic E-state index is 12.6. The highest BCUT2D eigenvalue weighted by Gasteiger charge is 2.31. The lowest BCUT2D eigenvalue weighted by Gasteiger charge is -2.18. The maximum Gasteiger partial charge on any atom is 0.325 e. The van der Waals surface area contributed by atoms with Crippen molar-refractivity contribution in [1.82, 2.24) is 10.1 Å². The summed E-state index contributed by atoms with van der Waals surface area (Å²) in [7, 11) is -4.08. The number of para-hydroxylation sites is 1. The molecule has 2 aromatic carbocycles. The van der Waals surface area contributed by atoms with Crippen LogP contribution >= 0.6 is 7.52 Å². The van der Waals surface area contributed by atoms with E-state index in [9.17, 15) is 19.4 Å². The van der Waals surface area contributed by atoms with Crippen molar-refractivity contribution in [3.05, 3.63) is 66.2 Å². The summed E-state index contributed by atoms with van der Waals surface area (Å²) in [4.78, 5) is 24.7. The molecule has 118 valence electrons. The van der Waals surface area contributed by atoms with E-state index in [2.05, 4.69) is 10.1 Å². The molecule has 0 saturated heterocycles. The Hall–Kier alpha value is -2.40. The molecule has 0 aliphatic rings. The van der Waals surface area contributed by atoms with Crippen LogP contribution in [0.25, 0.3) is 10.9 Å². The Labute approximate surface area is 132 Å². The number of hydrogen-bond acceptors (Lipinski definition) is 2. The predicted octanol–water partition coefficient (Wildman–Crippen LogP) is 2.39. The number of aromatic amines is 1. The third-order valence-corrected chi connectivity index (χ3v) is 5.03. The zero-order chi connectivity index (χ0) is 16.4. The summed E-state index contributed by atoms with van der Waals surface area (Å²) < 4.78 is 12.6. The third kappa shape index (κ3) is 3.19. The Morgan fingerprint density at radius 2 is 1.74 bits per heavy atom. The molecule has 6 nitrogen and oxygen atoms in total. The lowest BCUT2D eigenvalue weighted by molar-refractivity contribution is -0.139. The first-order chi connectivity index (χ1) is 11.0. The topological polar surface area (TPSA) is 102 Å². The number of carboxylic acid groups (broad SMARTS) is 1. The van der Waals surface area contributed by atoms with Gasteiger partial charge in [0.2, 0.25) is 0 Å². The molecule has 2 unspecified atom stereocenters. The quantitative estimate of drug-likeness (QED) is 0.538. The summed E-state index contributed by atoms with van der Waals surface area (Å²) in [6.45, 7) is 0. The molecular formula is C16H15N2O4P. The van der Waals surface area contributed by atoms with E-state index in [4.69, 9.17) is 0 Å². The van der Waals surface area contributed by atoms with Gasteiger partial charge in [-0.15, -0.1) is 0 Å². The van der Waals surface area contributed by atoms with Crippen LogP contribution in [-0.4, -0.2) is 21.0 Å². The second-order valence-electron chi connectivity index (χ2n) is 5.13. The fourth-order valence-electron chi connectivity index (χ4n) is 2.38. The van der Waals surface area contributed by atoms with Crippen LogP contribution in [0, 0.1) is 0 Å². The number of fused-ring (bicyclic) bond motifs is 1. The molecule has 0 fully saturated rings. The van der Waals surface area contributed by atoms with Crippen LogP contribution < -0.4 is 10.5 Å². The van der Waals surface area contributed by atoms with Crippen molar-refractivity contribution in [2.75, 3.05) is 0 Å². The highest BCUT2D eigenvalue weighted by Crippen LogP contribution is 2.38. The summed E-state index contributed by atoms with van der Waals surface area (Å²) in [5.74, 6) is -1.22. The van der Waals surface area contributed by atoms with Gasteiger partial charge in [-0.2, -0.15) is 0 Å². The zero-order valence-electron chi connectivity index (χ0n) is 12.0. The van der Waals surface area contributed by atoms with Crippen LogP contribution in [0.2, 0.25) is 0 Å². The zero-order valence-corrected chi connectivity index (χ0v) is 12.9. The second-order valence-corrected chi connectivity index (χ2v) is 7.02. The number of aromatic nitrogens is 1. The van der Waals surface area contributed by atoms with Gasteiger partial charge in [0, 0.05) is 10.9 Å². The highest BCUT2D eigenvalue weighted by molar-refractivity contribution is 7.63. The Morgan fingerprint density at radius 1 is 1.09 bits per heavy atom. The summed E-state index contributed by atoms with van der Waals surface area (Å²) in [5, 5.41) is 12.5. The van der Waals surface area contributed by atoms with Crippen molar-refractivity contribution in [2.45, 2.75) is 6.04 Å². The largest absolute Gasteiger partial charge is 0.480 e. The molecule has 23 heavy (non-hydrogen) atoms. The average Bonchev–Trinajstić information content (AvgIpc) is 2.98. The SMILES string of the molecule is O=C(O)C(NP(=O)(O)c1cc2ccccc2[nH]1)c1ccccc1. The predicted molar refractivity (Wildman–Crippen MR) is 87.7 cm³/mol. The van der Waals surface area contributed by atoms with E-state index in [-0.39, 0.29) is 5.44 Å². The second kappa shape index (κ2) is 6.01. The molecule has 7 heteroatoms. The van der Waals surface area contributed by atoms with E-state index in [1.54, 1.807) is 48.5 Å². The van der Waals surface area contributed by atoms with Gasteiger partial charge in [-0.05, 0) is 17.7 Å². The van der Waals surface area contributed by atoms with Gasteiger partial charge in [0.25, 0.3) is 0 Å². The van der Waals surface area contributed by atoms with Gasteiger partial charge in [0.05, 0.1) is 0 Å². The number of carboxylic acids is 1. The number of aliphatic carboxylic acids is 1. The molecule has 4 N–H and O–H groups in total. The number of nitrogens with one attached hydrogen (secondary N) is 2. The minimum atomic E-state index is -4.08. The van der Waals surface area contributed by atoms with E-state index >= 15 is 0 Å². The van der Waals surface area contributed by atoms with E-state index in [1.807, 2.05) is 12.1 Å². The standard InChI is InChI=1S/C16H15N2O4P/c19-16(20)15(11-6-2-1-3-7-11)18-23(21,22)14-10-12-8-4-5-9-13(12)17-14/h1-10,15,17H,(H,19,20)(H2,18,21,22). The fourth-order valence-corrected chi connectivity index (χ4v) is 3.72. The molecule has 0 spiro atoms. The van der Waals surface area contributed by atoms with Crippen molar-refractivity contribution in [3.8, 4) is 0 Å². The Kier molecular flexibility index (Phi) is 4.05. The summed E-state index contributed by atoms with van der Waals surface area (Å²) in [5.41, 5.74) is 1.19. The summed E-state index contributed by atoms with van der Waals surface area (Å²) in [6, 6.07) is 15.8. The molecule has 3 rings (SSSR count). The van der Waals surface area contributed by atoms with Gasteiger partial charge in [0.15, 0.2) is 0 Å². The van der Waals surface area contributed by atoms with E-state index in [0.717, 1.165) is 5.39 Å². The van der Waals surface area contributed by atoms with Crippen LogP contribution in [0.3, 0.4) is 0 Å². The lowest BCUT2D eigenvalue weighted by Crippen LogP contribution is -2.30.